The molecule has 0 aliphatic heterocycles. The fraction of sp³-hybridized carbons (Fsp3) is 0.833. The van der Waals surface area contributed by atoms with Crippen molar-refractivity contribution in [3.05, 3.63) is 0 Å². The van der Waals surface area contributed by atoms with Gasteiger partial charge in [-0.3, -0.25) is 4.79 Å². The quantitative estimate of drug-likeness (QED) is 0.677. The summed E-state index contributed by atoms with van der Waals surface area (Å²) < 4.78 is 0. The molecule has 0 unspecified atom stereocenters. The molecule has 0 heterocycles. The summed E-state index contributed by atoms with van der Waals surface area (Å²) in [6.45, 7) is 0.790. The Morgan fingerprint density at radius 1 is 1.33 bits per heavy atom. The monoisotopic (exact) mass is 257 g/mol. The van der Waals surface area contributed by atoms with Crippen molar-refractivity contribution < 1.29 is 14.7 Å². The van der Waals surface area contributed by atoms with Gasteiger partial charge in [0.25, 0.3) is 0 Å². The van der Waals surface area contributed by atoms with Crippen molar-refractivity contribution in [2.75, 3.05) is 20.1 Å². The molecular formula is C12H23N3O3. The predicted molar refractivity (Wildman–Crippen MR) is 68.3 cm³/mol. The van der Waals surface area contributed by atoms with Crippen LogP contribution in [0.25, 0.3) is 0 Å². The van der Waals surface area contributed by atoms with Gasteiger partial charge >= 0.3 is 12.0 Å². The molecule has 2 amide bonds. The van der Waals surface area contributed by atoms with Gasteiger partial charge in [0.05, 0.1) is 12.0 Å². The molecule has 6 heteroatoms. The molecule has 0 saturated heterocycles. The number of carbonyl (C=O) groups is 2. The molecule has 0 aromatic carbocycles. The van der Waals surface area contributed by atoms with Crippen molar-refractivity contribution in [2.45, 2.75) is 44.1 Å². The summed E-state index contributed by atoms with van der Waals surface area (Å²) in [5.74, 6) is -0.852. The fourth-order valence-corrected chi connectivity index (χ4v) is 2.64. The topological polar surface area (TPSA) is 95.7 Å². The number of aliphatic carboxylic acids is 1. The first-order chi connectivity index (χ1) is 8.52. The van der Waals surface area contributed by atoms with E-state index >= 15 is 0 Å². The summed E-state index contributed by atoms with van der Waals surface area (Å²) in [7, 11) is 1.68. The molecule has 0 atom stereocenters. The maximum Gasteiger partial charge on any atom is 0.317 e. The van der Waals surface area contributed by atoms with Crippen molar-refractivity contribution >= 4 is 12.0 Å². The Kier molecular flexibility index (Phi) is 5.40. The number of hydrogen-bond acceptors (Lipinski definition) is 3. The van der Waals surface area contributed by atoms with Crippen LogP contribution in [0.4, 0.5) is 4.79 Å². The smallest absolute Gasteiger partial charge is 0.317 e. The molecule has 6 nitrogen and oxygen atoms in total. The number of amides is 2. The first kappa shape index (κ1) is 14.8. The van der Waals surface area contributed by atoms with Crippen LogP contribution in [0, 0.1) is 0 Å². The summed E-state index contributed by atoms with van der Waals surface area (Å²) in [5.41, 5.74) is 4.80. The second-order valence-electron chi connectivity index (χ2n) is 4.94. The number of carboxylic acids is 1. The molecule has 104 valence electrons. The lowest BCUT2D eigenvalue weighted by Gasteiger charge is -2.43. The van der Waals surface area contributed by atoms with E-state index in [0.29, 0.717) is 13.1 Å². The Morgan fingerprint density at radius 2 is 1.94 bits per heavy atom. The first-order valence-electron chi connectivity index (χ1n) is 6.45. The maximum atomic E-state index is 12.0. The van der Waals surface area contributed by atoms with E-state index in [-0.39, 0.29) is 12.5 Å². The largest absolute Gasteiger partial charge is 0.481 e. The van der Waals surface area contributed by atoms with Crippen molar-refractivity contribution in [3.8, 4) is 0 Å². The molecule has 1 saturated carbocycles. The number of rotatable bonds is 5. The lowest BCUT2D eigenvalue weighted by atomic mass is 9.78. The molecule has 1 aliphatic carbocycles. The van der Waals surface area contributed by atoms with Crippen LogP contribution in [-0.2, 0) is 4.79 Å². The lowest BCUT2D eigenvalue weighted by molar-refractivity contribution is -0.140. The van der Waals surface area contributed by atoms with Crippen molar-refractivity contribution in [3.63, 3.8) is 0 Å². The average molecular weight is 257 g/mol. The van der Waals surface area contributed by atoms with Gasteiger partial charge in [0, 0.05) is 20.1 Å². The van der Waals surface area contributed by atoms with Crippen molar-refractivity contribution in [1.29, 1.82) is 0 Å². The highest BCUT2D eigenvalue weighted by atomic mass is 16.4. The number of urea groups is 1. The third-order valence-corrected chi connectivity index (χ3v) is 3.70. The molecule has 4 N–H and O–H groups in total. The van der Waals surface area contributed by atoms with E-state index < -0.39 is 11.5 Å². The van der Waals surface area contributed by atoms with Crippen LogP contribution in [-0.4, -0.2) is 47.7 Å². The molecule has 0 aromatic rings. The Bertz CT molecular complexity index is 301. The van der Waals surface area contributed by atoms with E-state index in [4.69, 9.17) is 10.8 Å². The van der Waals surface area contributed by atoms with E-state index in [1.54, 1.807) is 11.9 Å². The van der Waals surface area contributed by atoms with E-state index in [9.17, 15) is 9.59 Å². The van der Waals surface area contributed by atoms with Crippen LogP contribution < -0.4 is 11.1 Å². The fourth-order valence-electron chi connectivity index (χ4n) is 2.64. The number of nitrogens with two attached hydrogens (primary N) is 1. The molecule has 1 rings (SSSR count). The Morgan fingerprint density at radius 3 is 2.44 bits per heavy atom. The standard InChI is InChI=1S/C12H23N3O3/c1-15(11(18)14-8-7-13)12(9-10(16)17)5-3-2-4-6-12/h2-9,13H2,1H3,(H,14,18)(H,16,17). The minimum absolute atomic E-state index is 0.0134. The zero-order chi connectivity index (χ0) is 13.6. The van der Waals surface area contributed by atoms with Gasteiger partial charge in [-0.2, -0.15) is 0 Å². The molecule has 1 fully saturated rings. The highest BCUT2D eigenvalue weighted by Crippen LogP contribution is 2.35. The summed E-state index contributed by atoms with van der Waals surface area (Å²) >= 11 is 0. The highest BCUT2D eigenvalue weighted by Gasteiger charge is 2.40. The molecule has 1 aliphatic rings. The summed E-state index contributed by atoms with van der Waals surface area (Å²) in [5, 5.41) is 11.8. The van der Waals surface area contributed by atoms with Crippen LogP contribution >= 0.6 is 0 Å². The summed E-state index contributed by atoms with van der Waals surface area (Å²) in [6.07, 6.45) is 4.58. The molecule has 0 radical (unpaired) electrons. The predicted octanol–water partition coefficient (Wildman–Crippen LogP) is 0.764. The van der Waals surface area contributed by atoms with Crippen molar-refractivity contribution in [1.82, 2.24) is 10.2 Å². The van der Waals surface area contributed by atoms with E-state index in [2.05, 4.69) is 5.32 Å². The van der Waals surface area contributed by atoms with Gasteiger partial charge in [0.2, 0.25) is 0 Å². The van der Waals surface area contributed by atoms with Crippen LogP contribution in [0.1, 0.15) is 38.5 Å². The minimum atomic E-state index is -0.852. The van der Waals surface area contributed by atoms with Crippen LogP contribution in [0.5, 0.6) is 0 Å². The third-order valence-electron chi connectivity index (χ3n) is 3.70. The second-order valence-corrected chi connectivity index (χ2v) is 4.94. The zero-order valence-electron chi connectivity index (χ0n) is 10.9. The van der Waals surface area contributed by atoms with Crippen molar-refractivity contribution in [2.24, 2.45) is 5.73 Å². The lowest BCUT2D eigenvalue weighted by Crippen LogP contribution is -2.55. The second kappa shape index (κ2) is 6.58. The van der Waals surface area contributed by atoms with Crippen LogP contribution in [0.3, 0.4) is 0 Å². The highest BCUT2D eigenvalue weighted by molar-refractivity contribution is 5.76. The number of hydrogen-bond donors (Lipinski definition) is 3. The molecule has 0 spiro atoms. The first-order valence-corrected chi connectivity index (χ1v) is 6.45. The number of nitrogens with one attached hydrogen (secondary N) is 1. The maximum absolute atomic E-state index is 12.0. The average Bonchev–Trinajstić information content (AvgIpc) is 2.35. The van der Waals surface area contributed by atoms with Gasteiger partial charge < -0.3 is 21.1 Å². The van der Waals surface area contributed by atoms with Crippen LogP contribution in [0.2, 0.25) is 0 Å². The van der Waals surface area contributed by atoms with E-state index in [1.165, 1.54) is 0 Å². The summed E-state index contributed by atoms with van der Waals surface area (Å²) in [4.78, 5) is 24.6. The molecular weight excluding hydrogens is 234 g/mol. The Balaban J connectivity index is 2.74. The van der Waals surface area contributed by atoms with Gasteiger partial charge in [-0.25, -0.2) is 4.79 Å². The van der Waals surface area contributed by atoms with Gasteiger partial charge in [0.15, 0.2) is 0 Å². The molecule has 0 aromatic heterocycles. The summed E-state index contributed by atoms with van der Waals surface area (Å²) in [6, 6.07) is -0.233. The molecule has 18 heavy (non-hydrogen) atoms. The number of carboxylic acid groups (broad SMARTS) is 1. The minimum Gasteiger partial charge on any atom is -0.481 e. The van der Waals surface area contributed by atoms with Gasteiger partial charge in [-0.15, -0.1) is 0 Å². The number of nitrogens with zero attached hydrogens (tertiary/aromatic N) is 1. The SMILES string of the molecule is CN(C(=O)NCCN)C1(CC(=O)O)CCCCC1. The van der Waals surface area contributed by atoms with Gasteiger partial charge in [-0.1, -0.05) is 19.3 Å². The van der Waals surface area contributed by atoms with Gasteiger partial charge in [-0.05, 0) is 12.8 Å². The third kappa shape index (κ3) is 3.60. The number of carbonyl (C=O) groups excluding carboxylic acids is 1. The Hall–Kier alpha value is -1.30. The van der Waals surface area contributed by atoms with E-state index in [1.807, 2.05) is 0 Å². The Labute approximate surface area is 108 Å². The zero-order valence-corrected chi connectivity index (χ0v) is 10.9. The molecule has 0 bridgehead atoms. The van der Waals surface area contributed by atoms with Gasteiger partial charge in [0.1, 0.15) is 0 Å². The van der Waals surface area contributed by atoms with E-state index in [0.717, 1.165) is 32.1 Å². The normalized spacial score (nSPS) is 18.1. The van der Waals surface area contributed by atoms with Crippen LogP contribution in [0.15, 0.2) is 0 Å².